The average Bonchev–Trinajstić information content (AvgIpc) is 3.02. The molecule has 102 valence electrons. The summed E-state index contributed by atoms with van der Waals surface area (Å²) in [5.74, 6) is -0.908. The van der Waals surface area contributed by atoms with E-state index in [1.165, 1.54) is 0 Å². The van der Waals surface area contributed by atoms with Crippen LogP contribution in [0.15, 0.2) is 48.5 Å². The van der Waals surface area contributed by atoms with Crippen LogP contribution in [0.3, 0.4) is 0 Å². The van der Waals surface area contributed by atoms with Crippen LogP contribution in [0.5, 0.6) is 0 Å². The van der Waals surface area contributed by atoms with E-state index in [1.807, 2.05) is 18.2 Å². The molecule has 1 atom stereocenters. The van der Waals surface area contributed by atoms with Gasteiger partial charge in [-0.1, -0.05) is 30.3 Å². The summed E-state index contributed by atoms with van der Waals surface area (Å²) in [6.45, 7) is 0.712. The van der Waals surface area contributed by atoms with Crippen LogP contribution in [0.25, 0.3) is 11.1 Å². The molecular formula is C16H15NO3. The maximum absolute atomic E-state index is 11.0. The molecule has 1 fully saturated rings. The molecule has 1 unspecified atom stereocenters. The van der Waals surface area contributed by atoms with Gasteiger partial charge in [0, 0.05) is 0 Å². The first-order chi connectivity index (χ1) is 9.74. The Hall–Kier alpha value is -2.17. The number of nitrogens with one attached hydrogen (secondary N) is 1. The number of hydrogen-bond acceptors (Lipinski definition) is 3. The van der Waals surface area contributed by atoms with Crippen LogP contribution in [0.1, 0.15) is 28.4 Å². The van der Waals surface area contributed by atoms with Crippen molar-refractivity contribution in [3.05, 3.63) is 59.7 Å². The number of carbonyl (C=O) groups is 1. The third-order valence-electron chi connectivity index (χ3n) is 3.47. The lowest BCUT2D eigenvalue weighted by Gasteiger charge is -2.11. The summed E-state index contributed by atoms with van der Waals surface area (Å²) in [6.07, 6.45) is 0.943. The second kappa shape index (κ2) is 5.45. The van der Waals surface area contributed by atoms with Gasteiger partial charge >= 0.3 is 5.97 Å². The van der Waals surface area contributed by atoms with Crippen molar-refractivity contribution in [2.75, 3.05) is 6.61 Å². The Morgan fingerprint density at radius 1 is 1.15 bits per heavy atom. The van der Waals surface area contributed by atoms with E-state index >= 15 is 0 Å². The molecule has 2 N–H and O–H groups in total. The van der Waals surface area contributed by atoms with E-state index in [2.05, 4.69) is 17.6 Å². The first kappa shape index (κ1) is 12.8. The molecule has 0 amide bonds. The van der Waals surface area contributed by atoms with Gasteiger partial charge < -0.3 is 9.94 Å². The Morgan fingerprint density at radius 2 is 1.90 bits per heavy atom. The molecule has 0 saturated carbocycles. The zero-order chi connectivity index (χ0) is 13.9. The van der Waals surface area contributed by atoms with Gasteiger partial charge in [0.15, 0.2) is 0 Å². The summed E-state index contributed by atoms with van der Waals surface area (Å²) in [6, 6.07) is 15.3. The molecule has 1 aliphatic rings. The zero-order valence-corrected chi connectivity index (χ0v) is 10.9. The minimum atomic E-state index is -0.908. The van der Waals surface area contributed by atoms with Crippen molar-refractivity contribution in [3.63, 3.8) is 0 Å². The van der Waals surface area contributed by atoms with E-state index in [0.29, 0.717) is 12.2 Å². The van der Waals surface area contributed by atoms with Crippen molar-refractivity contribution in [1.82, 2.24) is 5.48 Å². The molecule has 0 aromatic heterocycles. The van der Waals surface area contributed by atoms with Gasteiger partial charge in [0.1, 0.15) is 0 Å². The third kappa shape index (κ3) is 2.57. The van der Waals surface area contributed by atoms with Crippen molar-refractivity contribution in [3.8, 4) is 11.1 Å². The molecule has 1 saturated heterocycles. The molecule has 4 nitrogen and oxygen atoms in total. The number of hydrogen-bond donors (Lipinski definition) is 2. The maximum Gasteiger partial charge on any atom is 0.335 e. The molecule has 0 radical (unpaired) electrons. The summed E-state index contributed by atoms with van der Waals surface area (Å²) in [4.78, 5) is 16.2. The smallest absolute Gasteiger partial charge is 0.335 e. The van der Waals surface area contributed by atoms with Crippen molar-refractivity contribution in [1.29, 1.82) is 0 Å². The summed E-state index contributed by atoms with van der Waals surface area (Å²) in [5.41, 5.74) is 6.36. The highest BCUT2D eigenvalue weighted by atomic mass is 16.7. The van der Waals surface area contributed by atoms with Gasteiger partial charge in [-0.15, -0.1) is 0 Å². The quantitative estimate of drug-likeness (QED) is 0.899. The minimum absolute atomic E-state index is 0.206. The van der Waals surface area contributed by atoms with Crippen molar-refractivity contribution >= 4 is 5.97 Å². The van der Waals surface area contributed by atoms with Crippen LogP contribution >= 0.6 is 0 Å². The van der Waals surface area contributed by atoms with E-state index in [1.54, 1.807) is 18.2 Å². The van der Waals surface area contributed by atoms with E-state index in [9.17, 15) is 4.79 Å². The number of aromatic carboxylic acids is 1. The Balaban J connectivity index is 1.95. The van der Waals surface area contributed by atoms with Crippen LogP contribution in [0.2, 0.25) is 0 Å². The van der Waals surface area contributed by atoms with Crippen molar-refractivity contribution in [2.24, 2.45) is 0 Å². The van der Waals surface area contributed by atoms with E-state index in [-0.39, 0.29) is 6.04 Å². The van der Waals surface area contributed by atoms with Crippen LogP contribution in [0.4, 0.5) is 0 Å². The number of rotatable bonds is 3. The SMILES string of the molecule is O=C(O)c1cccc(-c2cccc(C3CCON3)c2)c1. The number of carboxylic acids is 1. The Labute approximate surface area is 117 Å². The lowest BCUT2D eigenvalue weighted by molar-refractivity contribution is 0.0697. The topological polar surface area (TPSA) is 58.6 Å². The monoisotopic (exact) mass is 269 g/mol. The Kier molecular flexibility index (Phi) is 3.50. The maximum atomic E-state index is 11.0. The van der Waals surface area contributed by atoms with Gasteiger partial charge in [0.05, 0.1) is 18.2 Å². The van der Waals surface area contributed by atoms with Crippen LogP contribution < -0.4 is 5.48 Å². The molecule has 0 bridgehead atoms. The standard InChI is InChI=1S/C16H15NO3/c18-16(19)14-6-2-4-12(10-14)11-3-1-5-13(9-11)15-7-8-20-17-15/h1-6,9-10,15,17H,7-8H2,(H,18,19). The van der Waals surface area contributed by atoms with Crippen LogP contribution in [-0.4, -0.2) is 17.7 Å². The largest absolute Gasteiger partial charge is 0.478 e. The summed E-state index contributed by atoms with van der Waals surface area (Å²) in [7, 11) is 0. The molecule has 1 heterocycles. The highest BCUT2D eigenvalue weighted by molar-refractivity contribution is 5.89. The average molecular weight is 269 g/mol. The lowest BCUT2D eigenvalue weighted by Crippen LogP contribution is -2.11. The molecule has 3 rings (SSSR count). The summed E-state index contributed by atoms with van der Waals surface area (Å²) in [5, 5.41) is 9.06. The first-order valence-electron chi connectivity index (χ1n) is 6.55. The van der Waals surface area contributed by atoms with E-state index in [4.69, 9.17) is 9.94 Å². The van der Waals surface area contributed by atoms with Gasteiger partial charge in [-0.25, -0.2) is 4.79 Å². The first-order valence-corrected chi connectivity index (χ1v) is 6.55. The molecule has 2 aromatic carbocycles. The molecule has 2 aromatic rings. The fourth-order valence-corrected chi connectivity index (χ4v) is 2.40. The van der Waals surface area contributed by atoms with Crippen molar-refractivity contribution in [2.45, 2.75) is 12.5 Å². The van der Waals surface area contributed by atoms with E-state index in [0.717, 1.165) is 23.1 Å². The predicted octanol–water partition coefficient (Wildman–Crippen LogP) is 3.02. The Morgan fingerprint density at radius 3 is 2.60 bits per heavy atom. The van der Waals surface area contributed by atoms with Crippen molar-refractivity contribution < 1.29 is 14.7 Å². The second-order valence-corrected chi connectivity index (χ2v) is 4.82. The van der Waals surface area contributed by atoms with Crippen LogP contribution in [-0.2, 0) is 4.84 Å². The Bertz CT molecular complexity index is 633. The summed E-state index contributed by atoms with van der Waals surface area (Å²) < 4.78 is 0. The number of hydroxylamine groups is 1. The highest BCUT2D eigenvalue weighted by Gasteiger charge is 2.17. The fraction of sp³-hybridized carbons (Fsp3) is 0.188. The predicted molar refractivity (Wildman–Crippen MR) is 75.3 cm³/mol. The second-order valence-electron chi connectivity index (χ2n) is 4.82. The van der Waals surface area contributed by atoms with Gasteiger partial charge in [-0.3, -0.25) is 0 Å². The molecule has 0 spiro atoms. The molecule has 0 aliphatic carbocycles. The zero-order valence-electron chi connectivity index (χ0n) is 10.9. The number of carboxylic acid groups (broad SMARTS) is 1. The van der Waals surface area contributed by atoms with Gasteiger partial charge in [0.25, 0.3) is 0 Å². The minimum Gasteiger partial charge on any atom is -0.478 e. The lowest BCUT2D eigenvalue weighted by atomic mass is 9.98. The molecule has 4 heteroatoms. The normalized spacial score (nSPS) is 18.1. The molecule has 1 aliphatic heterocycles. The summed E-state index contributed by atoms with van der Waals surface area (Å²) >= 11 is 0. The van der Waals surface area contributed by atoms with Gasteiger partial charge in [-0.05, 0) is 41.3 Å². The third-order valence-corrected chi connectivity index (χ3v) is 3.47. The van der Waals surface area contributed by atoms with Gasteiger partial charge in [0.2, 0.25) is 0 Å². The molecular weight excluding hydrogens is 254 g/mol. The number of benzene rings is 2. The molecule has 20 heavy (non-hydrogen) atoms. The van der Waals surface area contributed by atoms with Gasteiger partial charge in [-0.2, -0.15) is 5.48 Å². The van der Waals surface area contributed by atoms with E-state index < -0.39 is 5.97 Å². The highest BCUT2D eigenvalue weighted by Crippen LogP contribution is 2.27. The fourth-order valence-electron chi connectivity index (χ4n) is 2.40. The van der Waals surface area contributed by atoms with Crippen LogP contribution in [0, 0.1) is 0 Å².